The first kappa shape index (κ1) is 40.8. The molecule has 0 saturated carbocycles. The smallest absolute Gasteiger partial charge is 0.508 e. The van der Waals surface area contributed by atoms with Gasteiger partial charge in [0.2, 0.25) is 0 Å². The molecule has 5 aromatic carbocycles. The Morgan fingerprint density at radius 2 is 1.57 bits per heavy atom. The Labute approximate surface area is 391 Å². The van der Waals surface area contributed by atoms with Crippen LogP contribution in [0.15, 0.2) is 84.0 Å². The van der Waals surface area contributed by atoms with Crippen LogP contribution in [0.25, 0.3) is 38.8 Å². The number of fused-ring (bicyclic) bond motifs is 8. The van der Waals surface area contributed by atoms with Crippen LogP contribution in [-0.4, -0.2) is 21.5 Å². The van der Waals surface area contributed by atoms with Crippen LogP contribution in [0, 0.1) is 32.9 Å². The van der Waals surface area contributed by atoms with Crippen LogP contribution in [0.3, 0.4) is 0 Å². The van der Waals surface area contributed by atoms with Crippen molar-refractivity contribution in [2.45, 2.75) is 137 Å². The summed E-state index contributed by atoms with van der Waals surface area (Å²) in [6, 6.07) is 33.3. The minimum absolute atomic E-state index is 0. The summed E-state index contributed by atoms with van der Waals surface area (Å²) in [5.74, 6) is 3.02. The molecule has 0 fully saturated rings. The Morgan fingerprint density at radius 1 is 0.841 bits per heavy atom. The van der Waals surface area contributed by atoms with Gasteiger partial charge in [0.05, 0.1) is 6.04 Å². The number of aryl methyl sites for hydroxylation is 3. The topological polar surface area (TPSA) is 48.6 Å². The van der Waals surface area contributed by atoms with Crippen molar-refractivity contribution >= 4 is 27.7 Å². The van der Waals surface area contributed by atoms with Gasteiger partial charge in [0.15, 0.2) is 0 Å². The van der Waals surface area contributed by atoms with E-state index in [0.29, 0.717) is 28.5 Å². The summed E-state index contributed by atoms with van der Waals surface area (Å²) < 4.78 is 34.9. The van der Waals surface area contributed by atoms with Crippen molar-refractivity contribution in [2.75, 3.05) is 0 Å². The maximum Gasteiger partial charge on any atom is 2.00 e. The maximum absolute atomic E-state index is 9.22. The molecule has 0 N–H and O–H groups in total. The van der Waals surface area contributed by atoms with Crippen molar-refractivity contribution in [1.29, 1.82) is 0 Å². The molecule has 0 bridgehead atoms. The largest absolute Gasteiger partial charge is 2.00 e. The Morgan fingerprint density at radius 3 is 2.27 bits per heavy atom. The molecular weight excluding hydrogens is 954 g/mol. The Bertz CT molecular complexity index is 3120. The summed E-state index contributed by atoms with van der Waals surface area (Å²) in [7, 11) is 0. The van der Waals surface area contributed by atoms with E-state index < -0.39 is 18.0 Å². The minimum Gasteiger partial charge on any atom is -0.508 e. The van der Waals surface area contributed by atoms with Crippen LogP contribution in [0.1, 0.15) is 151 Å². The Balaban J connectivity index is 0.00000533. The second-order valence-electron chi connectivity index (χ2n) is 20.5. The van der Waals surface area contributed by atoms with Crippen molar-refractivity contribution in [2.24, 2.45) is 4.99 Å². The number of nitrogens with zero attached hydrogens (tertiary/aromatic N) is 3. The molecule has 0 radical (unpaired) electrons. The van der Waals surface area contributed by atoms with Gasteiger partial charge in [-0.1, -0.05) is 152 Å². The zero-order valence-electron chi connectivity index (χ0n) is 40.9. The van der Waals surface area contributed by atoms with Crippen LogP contribution < -0.4 is 4.74 Å². The standard InChI is InChI=1S/C57H59N3O2.Pt/c1-31(2)40-16-14-17-41(32(3)4)51(40)36-25-37(54-59-50-20-19-42-34(6)22-33(5)23-46(42)57(50,13)62-54)27-39(26-36)61-49-30-48-43(24-35(49)7)44-28-38(55(8,9)10)29-47-52(44)60(48)53-45(56(47,11)12)18-15-21-58-53;/h14-18,21-26,28-29,31-32,50H,19-20H2,1-13H3;/q-2;+2/t50-,57+;/m1./s1/i19D2;. The molecule has 324 valence electrons. The molecule has 7 aromatic rings. The van der Waals surface area contributed by atoms with Crippen LogP contribution in [0.4, 0.5) is 0 Å². The Hall–Kier alpha value is -4.99. The van der Waals surface area contributed by atoms with Crippen molar-refractivity contribution < 1.29 is 33.3 Å². The third-order valence-corrected chi connectivity index (χ3v) is 13.9. The summed E-state index contributed by atoms with van der Waals surface area (Å²) >= 11 is 0. The van der Waals surface area contributed by atoms with E-state index in [-0.39, 0.29) is 50.2 Å². The van der Waals surface area contributed by atoms with Gasteiger partial charge in [0, 0.05) is 36.9 Å². The van der Waals surface area contributed by atoms with Gasteiger partial charge in [-0.05, 0) is 107 Å². The minimum atomic E-state index is -1.56. The monoisotopic (exact) mass is 1010 g/mol. The number of benzene rings is 5. The van der Waals surface area contributed by atoms with E-state index >= 15 is 0 Å². The van der Waals surface area contributed by atoms with Gasteiger partial charge in [-0.3, -0.25) is 4.99 Å². The number of rotatable bonds is 6. The van der Waals surface area contributed by atoms with E-state index in [4.69, 9.17) is 19.5 Å². The first-order valence-corrected chi connectivity index (χ1v) is 22.4. The summed E-state index contributed by atoms with van der Waals surface area (Å²) in [5, 5.41) is 2.31. The fourth-order valence-electron chi connectivity index (χ4n) is 10.4. The number of hydrogen-bond donors (Lipinski definition) is 0. The molecule has 0 amide bonds. The van der Waals surface area contributed by atoms with Crippen molar-refractivity contribution in [3.8, 4) is 28.4 Å². The number of aliphatic imine (C=N–C) groups is 1. The molecule has 4 heterocycles. The van der Waals surface area contributed by atoms with E-state index in [1.54, 1.807) is 0 Å². The fourth-order valence-corrected chi connectivity index (χ4v) is 10.4. The third-order valence-electron chi connectivity index (χ3n) is 13.9. The van der Waals surface area contributed by atoms with E-state index in [1.807, 2.05) is 19.2 Å². The quantitative estimate of drug-likeness (QED) is 0.156. The molecular formula is C57H59N3O2Pt. The van der Waals surface area contributed by atoms with Gasteiger partial charge >= 0.3 is 21.1 Å². The van der Waals surface area contributed by atoms with Gasteiger partial charge in [0.1, 0.15) is 17.3 Å². The maximum atomic E-state index is 9.22. The zero-order chi connectivity index (χ0) is 45.6. The molecule has 63 heavy (non-hydrogen) atoms. The summed E-state index contributed by atoms with van der Waals surface area (Å²) in [5.41, 5.74) is 14.5. The molecule has 2 atom stereocenters. The molecule has 5 nitrogen and oxygen atoms in total. The van der Waals surface area contributed by atoms with Gasteiger partial charge in [-0.25, -0.2) is 4.98 Å². The first-order chi connectivity index (χ1) is 30.1. The molecule has 0 unspecified atom stereocenters. The molecule has 3 aliphatic rings. The van der Waals surface area contributed by atoms with Crippen LogP contribution in [0.5, 0.6) is 11.5 Å². The molecule has 1 aliphatic carbocycles. The molecule has 2 aliphatic heterocycles. The summed E-state index contributed by atoms with van der Waals surface area (Å²) in [6.45, 7) is 28.7. The van der Waals surface area contributed by atoms with Gasteiger partial charge in [-0.15, -0.1) is 23.1 Å². The second-order valence-corrected chi connectivity index (χ2v) is 20.5. The van der Waals surface area contributed by atoms with Gasteiger partial charge < -0.3 is 14.0 Å². The number of aromatic nitrogens is 2. The Kier molecular flexibility index (Phi) is 9.74. The van der Waals surface area contributed by atoms with Crippen molar-refractivity contribution in [3.05, 3.63) is 152 Å². The van der Waals surface area contributed by atoms with Crippen LogP contribution >= 0.6 is 0 Å². The fraction of sp³-hybridized carbons (Fsp3) is 0.368. The SMILES string of the molecule is [2H]C1([2H])C[C@H]2N=C(c3[c-]c(Oc4[c-]c5c(cc4C)c4cc(C(C)(C)C)cc6c4n5-c4ncccc4C6(C)C)cc(-c4c(C(C)C)cccc4C(C)C)c3)O[C@@]2(C)c2cc(C)cc(C)c21.[Pt+2]. The summed E-state index contributed by atoms with van der Waals surface area (Å²) in [6.07, 6.45) is 0.545. The summed E-state index contributed by atoms with van der Waals surface area (Å²) in [4.78, 5) is 10.3. The van der Waals surface area contributed by atoms with Crippen LogP contribution in [-0.2, 0) is 48.6 Å². The number of pyridine rings is 1. The zero-order valence-corrected chi connectivity index (χ0v) is 41.2. The predicted octanol–water partition coefficient (Wildman–Crippen LogP) is 14.4. The van der Waals surface area contributed by atoms with E-state index in [9.17, 15) is 2.74 Å². The molecule has 0 spiro atoms. The second kappa shape index (κ2) is 15.0. The predicted molar refractivity (Wildman–Crippen MR) is 255 cm³/mol. The molecule has 6 heteroatoms. The average Bonchev–Trinajstić information content (AvgIpc) is 3.73. The third kappa shape index (κ3) is 6.74. The van der Waals surface area contributed by atoms with E-state index in [2.05, 4.69) is 167 Å². The normalized spacial score (nSPS) is 19.8. The number of hydrogen-bond acceptors (Lipinski definition) is 4. The van der Waals surface area contributed by atoms with Crippen molar-refractivity contribution in [3.63, 3.8) is 0 Å². The molecule has 10 rings (SSSR count). The first-order valence-electron chi connectivity index (χ1n) is 23.4. The average molecular weight is 1020 g/mol. The van der Waals surface area contributed by atoms with Crippen molar-refractivity contribution in [1.82, 2.24) is 9.55 Å². The molecule has 2 aromatic heterocycles. The number of ether oxygens (including phenoxy) is 2. The van der Waals surface area contributed by atoms with Crippen LogP contribution in [0.2, 0.25) is 0 Å². The molecule has 0 saturated heterocycles. The van der Waals surface area contributed by atoms with E-state index in [0.717, 1.165) is 50.1 Å². The van der Waals surface area contributed by atoms with E-state index in [1.165, 1.54) is 38.8 Å². The van der Waals surface area contributed by atoms with Gasteiger partial charge in [-0.2, -0.15) is 6.07 Å². The van der Waals surface area contributed by atoms with Gasteiger partial charge in [0.25, 0.3) is 0 Å².